The molecule has 1 heterocycles. The van der Waals surface area contributed by atoms with Crippen LogP contribution in [0.25, 0.3) is 0 Å². The van der Waals surface area contributed by atoms with E-state index in [0.29, 0.717) is 5.92 Å². The quantitative estimate of drug-likeness (QED) is 0.753. The standard InChI is InChI=1S/C11H18N2/c1-3-8(4-2)10-7-12-11(13-10)9-5-6-9/h7-9H,3-6H2,1-2H3,(H,12,13). The fourth-order valence-corrected chi connectivity index (χ4v) is 1.85. The average Bonchev–Trinajstić information content (AvgIpc) is 2.89. The van der Waals surface area contributed by atoms with E-state index in [4.69, 9.17) is 0 Å². The summed E-state index contributed by atoms with van der Waals surface area (Å²) in [7, 11) is 0. The van der Waals surface area contributed by atoms with E-state index in [-0.39, 0.29) is 0 Å². The number of hydrogen-bond acceptors (Lipinski definition) is 1. The molecule has 13 heavy (non-hydrogen) atoms. The molecule has 1 aromatic heterocycles. The molecule has 2 nitrogen and oxygen atoms in total. The number of aromatic nitrogens is 2. The molecule has 2 heteroatoms. The molecular formula is C11H18N2. The zero-order valence-electron chi connectivity index (χ0n) is 8.51. The third-order valence-corrected chi connectivity index (χ3v) is 3.00. The number of H-pyrrole nitrogens is 1. The van der Waals surface area contributed by atoms with E-state index >= 15 is 0 Å². The molecule has 1 fully saturated rings. The lowest BCUT2D eigenvalue weighted by Crippen LogP contribution is -1.95. The van der Waals surface area contributed by atoms with Gasteiger partial charge in [-0.05, 0) is 25.7 Å². The van der Waals surface area contributed by atoms with E-state index in [9.17, 15) is 0 Å². The number of rotatable bonds is 4. The van der Waals surface area contributed by atoms with Crippen LogP contribution in [0.3, 0.4) is 0 Å². The van der Waals surface area contributed by atoms with E-state index < -0.39 is 0 Å². The maximum absolute atomic E-state index is 4.44. The first-order valence-corrected chi connectivity index (χ1v) is 5.40. The summed E-state index contributed by atoms with van der Waals surface area (Å²) in [6, 6.07) is 0. The van der Waals surface area contributed by atoms with Crippen molar-refractivity contribution in [1.82, 2.24) is 9.97 Å². The van der Waals surface area contributed by atoms with Crippen LogP contribution in [-0.4, -0.2) is 9.97 Å². The highest BCUT2D eigenvalue weighted by Crippen LogP contribution is 2.38. The van der Waals surface area contributed by atoms with Gasteiger partial charge in [0.25, 0.3) is 0 Å². The minimum absolute atomic E-state index is 0.681. The van der Waals surface area contributed by atoms with Gasteiger partial charge in [-0.1, -0.05) is 13.8 Å². The minimum atomic E-state index is 0.681. The molecule has 0 bridgehead atoms. The van der Waals surface area contributed by atoms with Crippen LogP contribution in [0.5, 0.6) is 0 Å². The maximum Gasteiger partial charge on any atom is 0.109 e. The molecule has 0 radical (unpaired) electrons. The SMILES string of the molecule is CCC(CC)c1cnc(C2CC2)[nH]1. The van der Waals surface area contributed by atoms with Crippen LogP contribution in [-0.2, 0) is 0 Å². The van der Waals surface area contributed by atoms with Crippen LogP contribution in [0.4, 0.5) is 0 Å². The summed E-state index contributed by atoms with van der Waals surface area (Å²) in [5.74, 6) is 2.66. The van der Waals surface area contributed by atoms with Crippen LogP contribution in [0.2, 0.25) is 0 Å². The molecule has 1 aromatic rings. The van der Waals surface area contributed by atoms with Gasteiger partial charge in [0, 0.05) is 23.7 Å². The van der Waals surface area contributed by atoms with Crippen molar-refractivity contribution in [1.29, 1.82) is 0 Å². The number of nitrogens with one attached hydrogen (secondary N) is 1. The van der Waals surface area contributed by atoms with Crippen LogP contribution < -0.4 is 0 Å². The number of aromatic amines is 1. The molecule has 1 saturated carbocycles. The maximum atomic E-state index is 4.44. The van der Waals surface area contributed by atoms with Gasteiger partial charge in [-0.3, -0.25) is 0 Å². The van der Waals surface area contributed by atoms with Crippen LogP contribution >= 0.6 is 0 Å². The first-order chi connectivity index (χ1) is 6.35. The van der Waals surface area contributed by atoms with Crippen molar-refractivity contribution >= 4 is 0 Å². The average molecular weight is 178 g/mol. The van der Waals surface area contributed by atoms with Crippen molar-refractivity contribution in [2.75, 3.05) is 0 Å². The Kier molecular flexibility index (Phi) is 2.38. The molecule has 0 saturated heterocycles. The summed E-state index contributed by atoms with van der Waals surface area (Å²) in [6.45, 7) is 4.48. The van der Waals surface area contributed by atoms with E-state index in [2.05, 4.69) is 23.8 Å². The van der Waals surface area contributed by atoms with E-state index in [0.717, 1.165) is 5.92 Å². The van der Waals surface area contributed by atoms with Crippen molar-refractivity contribution in [2.24, 2.45) is 0 Å². The predicted molar refractivity (Wildman–Crippen MR) is 53.9 cm³/mol. The van der Waals surface area contributed by atoms with E-state index in [1.54, 1.807) is 0 Å². The number of nitrogens with zero attached hydrogens (tertiary/aromatic N) is 1. The topological polar surface area (TPSA) is 28.7 Å². The van der Waals surface area contributed by atoms with Gasteiger partial charge < -0.3 is 4.98 Å². The number of hydrogen-bond donors (Lipinski definition) is 1. The van der Waals surface area contributed by atoms with Crippen molar-refractivity contribution < 1.29 is 0 Å². The largest absolute Gasteiger partial charge is 0.345 e. The summed E-state index contributed by atoms with van der Waals surface area (Å²) in [5.41, 5.74) is 1.34. The fraction of sp³-hybridized carbons (Fsp3) is 0.727. The number of imidazole rings is 1. The Bertz CT molecular complexity index is 269. The Balaban J connectivity index is 2.10. The van der Waals surface area contributed by atoms with Gasteiger partial charge in [0.1, 0.15) is 5.82 Å². The molecule has 2 rings (SSSR count). The van der Waals surface area contributed by atoms with Crippen LogP contribution in [0.15, 0.2) is 6.20 Å². The normalized spacial score (nSPS) is 16.8. The molecule has 1 N–H and O–H groups in total. The van der Waals surface area contributed by atoms with Gasteiger partial charge in [-0.2, -0.15) is 0 Å². The van der Waals surface area contributed by atoms with Crippen molar-refractivity contribution in [3.63, 3.8) is 0 Å². The molecule has 0 unspecified atom stereocenters. The summed E-state index contributed by atoms with van der Waals surface area (Å²) < 4.78 is 0. The second-order valence-electron chi connectivity index (χ2n) is 4.01. The molecule has 0 aliphatic heterocycles. The Labute approximate surface area is 79.8 Å². The summed E-state index contributed by atoms with van der Waals surface area (Å²) >= 11 is 0. The van der Waals surface area contributed by atoms with Gasteiger partial charge in [0.15, 0.2) is 0 Å². The Morgan fingerprint density at radius 1 is 1.46 bits per heavy atom. The first kappa shape index (κ1) is 8.79. The van der Waals surface area contributed by atoms with E-state index in [1.807, 2.05) is 6.20 Å². The van der Waals surface area contributed by atoms with Gasteiger partial charge in [0.2, 0.25) is 0 Å². The summed E-state index contributed by atoms with van der Waals surface area (Å²) in [4.78, 5) is 7.91. The zero-order valence-corrected chi connectivity index (χ0v) is 8.51. The van der Waals surface area contributed by atoms with Crippen molar-refractivity contribution in [2.45, 2.75) is 51.4 Å². The fourth-order valence-electron chi connectivity index (χ4n) is 1.85. The zero-order chi connectivity index (χ0) is 9.26. The summed E-state index contributed by atoms with van der Waals surface area (Å²) in [6.07, 6.45) is 7.11. The molecule has 1 aliphatic carbocycles. The third kappa shape index (κ3) is 1.77. The second kappa shape index (κ2) is 3.52. The second-order valence-corrected chi connectivity index (χ2v) is 4.01. The van der Waals surface area contributed by atoms with Crippen molar-refractivity contribution in [3.05, 3.63) is 17.7 Å². The molecule has 0 amide bonds. The molecule has 0 aromatic carbocycles. The lowest BCUT2D eigenvalue weighted by Gasteiger charge is -2.08. The summed E-state index contributed by atoms with van der Waals surface area (Å²) in [5, 5.41) is 0. The van der Waals surface area contributed by atoms with Gasteiger partial charge in [-0.15, -0.1) is 0 Å². The first-order valence-electron chi connectivity index (χ1n) is 5.40. The molecule has 1 aliphatic rings. The molecule has 0 atom stereocenters. The van der Waals surface area contributed by atoms with Gasteiger partial charge in [0.05, 0.1) is 0 Å². The Morgan fingerprint density at radius 2 is 2.15 bits per heavy atom. The lowest BCUT2D eigenvalue weighted by atomic mass is 10.0. The van der Waals surface area contributed by atoms with Gasteiger partial charge in [-0.25, -0.2) is 4.98 Å². The van der Waals surface area contributed by atoms with E-state index in [1.165, 1.54) is 37.2 Å². The lowest BCUT2D eigenvalue weighted by molar-refractivity contribution is 0.625. The predicted octanol–water partition coefficient (Wildman–Crippen LogP) is 3.19. The molecule has 0 spiro atoms. The minimum Gasteiger partial charge on any atom is -0.345 e. The third-order valence-electron chi connectivity index (χ3n) is 3.00. The smallest absolute Gasteiger partial charge is 0.109 e. The highest BCUT2D eigenvalue weighted by atomic mass is 14.9. The monoisotopic (exact) mass is 178 g/mol. The van der Waals surface area contributed by atoms with Gasteiger partial charge >= 0.3 is 0 Å². The molecule has 72 valence electrons. The Morgan fingerprint density at radius 3 is 2.69 bits per heavy atom. The van der Waals surface area contributed by atoms with Crippen LogP contribution in [0, 0.1) is 0 Å². The van der Waals surface area contributed by atoms with Crippen LogP contribution in [0.1, 0.15) is 62.9 Å². The Hall–Kier alpha value is -0.790. The highest BCUT2D eigenvalue weighted by molar-refractivity contribution is 5.13. The molecular weight excluding hydrogens is 160 g/mol. The van der Waals surface area contributed by atoms with Crippen molar-refractivity contribution in [3.8, 4) is 0 Å². The highest BCUT2D eigenvalue weighted by Gasteiger charge is 2.26.